The van der Waals surface area contributed by atoms with Gasteiger partial charge < -0.3 is 15.2 Å². The van der Waals surface area contributed by atoms with E-state index in [0.29, 0.717) is 22.6 Å². The lowest BCUT2D eigenvalue weighted by Crippen LogP contribution is -2.29. The molecule has 3 aromatic carbocycles. The molecule has 44 heavy (non-hydrogen) atoms. The van der Waals surface area contributed by atoms with Crippen LogP contribution in [0.15, 0.2) is 77.9 Å². The molecule has 4 heterocycles. The molecular formula is C34H35N7O3. The molecule has 2 N–H and O–H groups in total. The predicted molar refractivity (Wildman–Crippen MR) is 172 cm³/mol. The quantitative estimate of drug-likeness (QED) is 0.139. The number of imidazole rings is 1. The van der Waals surface area contributed by atoms with Crippen LogP contribution >= 0.6 is 0 Å². The average molecular weight is 590 g/mol. The van der Waals surface area contributed by atoms with E-state index in [2.05, 4.69) is 37.2 Å². The minimum Gasteiger partial charge on any atom is -0.342 e. The fraction of sp³-hybridized carbons (Fsp3) is 0.324. The molecule has 3 aliphatic rings. The molecule has 1 atom stereocenters. The number of nitrogens with one attached hydrogen (secondary N) is 2. The molecule has 10 nitrogen and oxygen atoms in total. The summed E-state index contributed by atoms with van der Waals surface area (Å²) in [5.74, 6) is -0.140. The average Bonchev–Trinajstić information content (AvgIpc) is 3.81. The second-order valence-corrected chi connectivity index (χ2v) is 11.8. The number of anilines is 2. The van der Waals surface area contributed by atoms with Crippen molar-refractivity contribution >= 4 is 34.6 Å². The first-order valence-electron chi connectivity index (χ1n) is 15.4. The van der Waals surface area contributed by atoms with Crippen molar-refractivity contribution in [2.75, 3.05) is 36.4 Å². The van der Waals surface area contributed by atoms with Gasteiger partial charge in [-0.1, -0.05) is 42.8 Å². The van der Waals surface area contributed by atoms with Crippen LogP contribution in [0.1, 0.15) is 54.7 Å². The van der Waals surface area contributed by atoms with Gasteiger partial charge in [-0.25, -0.2) is 4.98 Å². The summed E-state index contributed by atoms with van der Waals surface area (Å²) in [6, 6.07) is 20.6. The van der Waals surface area contributed by atoms with Crippen LogP contribution in [0.2, 0.25) is 0 Å². The van der Waals surface area contributed by atoms with E-state index in [1.807, 2.05) is 42.6 Å². The highest BCUT2D eigenvalue weighted by atomic mass is 16.6. The zero-order valence-electron chi connectivity index (χ0n) is 24.5. The number of H-pyrrole nitrogens is 1. The number of rotatable bonds is 8. The number of hydrogen-bond acceptors (Lipinski definition) is 7. The Labute approximate surface area is 256 Å². The summed E-state index contributed by atoms with van der Waals surface area (Å²) in [5.41, 5.74) is 6.25. The number of fused-ring (bicyclic) bond motifs is 1. The number of likely N-dealkylation sites (tertiary alicyclic amines) is 1. The minimum absolute atomic E-state index is 0.0568. The fourth-order valence-corrected chi connectivity index (χ4v) is 6.49. The lowest BCUT2D eigenvalue weighted by molar-refractivity contribution is -0.384. The molecule has 2 saturated heterocycles. The van der Waals surface area contributed by atoms with Crippen molar-refractivity contribution < 1.29 is 9.72 Å². The largest absolute Gasteiger partial charge is 0.342 e. The first-order valence-corrected chi connectivity index (χ1v) is 15.4. The summed E-state index contributed by atoms with van der Waals surface area (Å²) < 4.78 is 0. The van der Waals surface area contributed by atoms with E-state index < -0.39 is 10.8 Å². The minimum atomic E-state index is -0.784. The van der Waals surface area contributed by atoms with E-state index in [-0.39, 0.29) is 11.6 Å². The highest BCUT2D eigenvalue weighted by molar-refractivity contribution is 6.24. The van der Waals surface area contributed by atoms with Crippen LogP contribution in [0.25, 0.3) is 11.3 Å². The van der Waals surface area contributed by atoms with E-state index in [0.717, 1.165) is 55.5 Å². The summed E-state index contributed by atoms with van der Waals surface area (Å²) in [4.78, 5) is 42.4. The number of benzene rings is 3. The Kier molecular flexibility index (Phi) is 7.66. The molecule has 1 amide bonds. The van der Waals surface area contributed by atoms with Crippen molar-refractivity contribution in [3.05, 3.63) is 99.7 Å². The molecule has 10 heteroatoms. The third kappa shape index (κ3) is 5.72. The first kappa shape index (κ1) is 28.0. The van der Waals surface area contributed by atoms with Gasteiger partial charge in [-0.15, -0.1) is 0 Å². The maximum Gasteiger partial charge on any atom is 0.269 e. The van der Waals surface area contributed by atoms with E-state index >= 15 is 0 Å². The number of nitrogens with zero attached hydrogens (tertiary/aromatic N) is 5. The normalized spacial score (nSPS) is 18.8. The van der Waals surface area contributed by atoms with Crippen molar-refractivity contribution in [3.8, 4) is 11.3 Å². The molecule has 3 aliphatic heterocycles. The third-order valence-electron chi connectivity index (χ3n) is 8.85. The summed E-state index contributed by atoms with van der Waals surface area (Å²) in [5, 5.41) is 14.5. The number of aromatic amines is 1. The Hall–Kier alpha value is -4.83. The van der Waals surface area contributed by atoms with Crippen LogP contribution in [0.4, 0.5) is 23.0 Å². The second-order valence-electron chi connectivity index (χ2n) is 11.8. The van der Waals surface area contributed by atoms with Gasteiger partial charge in [-0.3, -0.25) is 24.8 Å². The number of non-ortho nitro benzene ring substituents is 1. The van der Waals surface area contributed by atoms with Crippen LogP contribution in [-0.4, -0.2) is 57.6 Å². The summed E-state index contributed by atoms with van der Waals surface area (Å²) in [7, 11) is 0. The zero-order valence-corrected chi connectivity index (χ0v) is 24.5. The fourth-order valence-electron chi connectivity index (χ4n) is 6.49. The van der Waals surface area contributed by atoms with E-state index in [1.165, 1.54) is 49.8 Å². The second kappa shape index (κ2) is 12.0. The van der Waals surface area contributed by atoms with Crippen molar-refractivity contribution in [1.82, 2.24) is 14.9 Å². The van der Waals surface area contributed by atoms with Crippen LogP contribution in [0, 0.1) is 10.1 Å². The molecule has 0 spiro atoms. The molecular weight excluding hydrogens is 554 g/mol. The molecule has 4 aromatic rings. The SMILES string of the molecule is O=C1Nc2ccc([N+](=O)[O-])cc2C1C(=Nc1ccc(-c2cnc(N3CCCC3)[nH]2)cc1)c1ccc(CN2CCCCC2)cc1. The number of hydrogen-bond donors (Lipinski definition) is 2. The smallest absolute Gasteiger partial charge is 0.269 e. The van der Waals surface area contributed by atoms with Crippen molar-refractivity contribution in [2.24, 2.45) is 4.99 Å². The van der Waals surface area contributed by atoms with Gasteiger partial charge in [0.1, 0.15) is 5.92 Å². The number of nitro groups is 1. The molecule has 1 unspecified atom stereocenters. The Morgan fingerprint density at radius 2 is 1.66 bits per heavy atom. The number of nitro benzene ring substituents is 1. The molecule has 224 valence electrons. The summed E-state index contributed by atoms with van der Waals surface area (Å²) in [6.45, 7) is 5.15. The van der Waals surface area contributed by atoms with E-state index in [1.54, 1.807) is 6.07 Å². The Bertz CT molecular complexity index is 1700. The molecule has 0 bridgehead atoms. The summed E-state index contributed by atoms with van der Waals surface area (Å²) in [6.07, 6.45) is 7.98. The zero-order chi connectivity index (χ0) is 30.0. The maximum absolute atomic E-state index is 13.4. The third-order valence-corrected chi connectivity index (χ3v) is 8.85. The molecule has 0 radical (unpaired) electrons. The van der Waals surface area contributed by atoms with Gasteiger partial charge in [0.25, 0.3) is 5.69 Å². The van der Waals surface area contributed by atoms with Crippen LogP contribution in [0.5, 0.6) is 0 Å². The Morgan fingerprint density at radius 3 is 2.39 bits per heavy atom. The van der Waals surface area contributed by atoms with Gasteiger partial charge in [0.2, 0.25) is 11.9 Å². The van der Waals surface area contributed by atoms with Crippen molar-refractivity contribution in [1.29, 1.82) is 0 Å². The predicted octanol–water partition coefficient (Wildman–Crippen LogP) is 6.43. The van der Waals surface area contributed by atoms with Gasteiger partial charge in [0, 0.05) is 43.0 Å². The maximum atomic E-state index is 13.4. The first-order chi connectivity index (χ1) is 21.5. The lowest BCUT2D eigenvalue weighted by atomic mass is 9.90. The number of carbonyl (C=O) groups is 1. The highest BCUT2D eigenvalue weighted by Crippen LogP contribution is 2.38. The van der Waals surface area contributed by atoms with E-state index in [4.69, 9.17) is 4.99 Å². The lowest BCUT2D eigenvalue weighted by Gasteiger charge is -2.26. The van der Waals surface area contributed by atoms with Gasteiger partial charge in [0.15, 0.2) is 0 Å². The molecule has 1 aromatic heterocycles. The van der Waals surface area contributed by atoms with Crippen molar-refractivity contribution in [3.63, 3.8) is 0 Å². The number of aromatic nitrogens is 2. The molecule has 0 saturated carbocycles. The van der Waals surface area contributed by atoms with Crippen molar-refractivity contribution in [2.45, 2.75) is 44.6 Å². The number of carbonyl (C=O) groups excluding carboxylic acids is 1. The number of aliphatic imine (C=N–C) groups is 1. The Balaban J connectivity index is 1.22. The number of amides is 1. The van der Waals surface area contributed by atoms with Gasteiger partial charge in [0.05, 0.1) is 28.2 Å². The molecule has 2 fully saturated rings. The summed E-state index contributed by atoms with van der Waals surface area (Å²) >= 11 is 0. The van der Waals surface area contributed by atoms with Gasteiger partial charge in [-0.2, -0.15) is 0 Å². The van der Waals surface area contributed by atoms with Gasteiger partial charge >= 0.3 is 0 Å². The number of piperidine rings is 1. The molecule has 7 rings (SSSR count). The highest BCUT2D eigenvalue weighted by Gasteiger charge is 2.36. The van der Waals surface area contributed by atoms with Crippen LogP contribution in [0.3, 0.4) is 0 Å². The standard InChI is InChI=1S/C34H35N7O3/c42-33-31(28-20-27(41(43)44)14-15-29(28)37-33)32(25-8-6-23(7-9-25)22-39-16-2-1-3-17-39)36-26-12-10-24(11-13-26)30-21-35-34(38-30)40-18-4-5-19-40/h6-15,20-21,31H,1-5,16-19,22H2,(H,35,38)(H,37,42). The topological polar surface area (TPSA) is 120 Å². The van der Waals surface area contributed by atoms with Crippen LogP contribution < -0.4 is 10.2 Å². The van der Waals surface area contributed by atoms with E-state index in [9.17, 15) is 14.9 Å². The monoisotopic (exact) mass is 589 g/mol. The van der Waals surface area contributed by atoms with Crippen LogP contribution in [-0.2, 0) is 11.3 Å². The van der Waals surface area contributed by atoms with Gasteiger partial charge in [-0.05, 0) is 73.7 Å². The molecule has 0 aliphatic carbocycles. The Morgan fingerprint density at radius 1 is 0.932 bits per heavy atom.